The van der Waals surface area contributed by atoms with E-state index in [9.17, 15) is 19.1 Å². The number of likely N-dealkylation sites (N-methyl/N-ethyl adjacent to an activating group) is 1. The van der Waals surface area contributed by atoms with Crippen molar-refractivity contribution in [3.05, 3.63) is 58.9 Å². The number of aliphatic hydroxyl groups is 1. The molecule has 1 amide bonds. The number of ketones is 1. The lowest BCUT2D eigenvalue weighted by atomic mass is 9.94. The molecule has 0 saturated carbocycles. The van der Waals surface area contributed by atoms with Gasteiger partial charge in [0.2, 0.25) is 0 Å². The molecule has 0 aliphatic carbocycles. The molecular formula is C26H31FN2O6. The Kier molecular flexibility index (Phi) is 8.34. The van der Waals surface area contributed by atoms with Crippen molar-refractivity contribution in [3.8, 4) is 17.2 Å². The zero-order valence-corrected chi connectivity index (χ0v) is 20.6. The van der Waals surface area contributed by atoms with Gasteiger partial charge >= 0.3 is 0 Å². The Hall–Kier alpha value is -3.59. The number of likely N-dealkylation sites (tertiary alicyclic amines) is 1. The fourth-order valence-corrected chi connectivity index (χ4v) is 4.01. The van der Waals surface area contributed by atoms with Gasteiger partial charge in [-0.15, -0.1) is 0 Å². The predicted molar refractivity (Wildman–Crippen MR) is 129 cm³/mol. The molecule has 1 heterocycles. The van der Waals surface area contributed by atoms with Crippen LogP contribution in [0, 0.1) is 5.82 Å². The van der Waals surface area contributed by atoms with E-state index in [2.05, 4.69) is 0 Å². The van der Waals surface area contributed by atoms with Gasteiger partial charge in [0, 0.05) is 13.1 Å². The molecule has 2 aromatic rings. The summed E-state index contributed by atoms with van der Waals surface area (Å²) in [7, 11) is 5.08. The van der Waals surface area contributed by atoms with Crippen molar-refractivity contribution in [2.24, 2.45) is 0 Å². The van der Waals surface area contributed by atoms with E-state index in [1.165, 1.54) is 24.1 Å². The molecule has 188 valence electrons. The molecule has 35 heavy (non-hydrogen) atoms. The van der Waals surface area contributed by atoms with Crippen molar-refractivity contribution >= 4 is 17.4 Å². The number of amides is 1. The predicted octanol–water partition coefficient (Wildman–Crippen LogP) is 3.62. The summed E-state index contributed by atoms with van der Waals surface area (Å²) in [5.74, 6) is -1.59. The quantitative estimate of drug-likeness (QED) is 0.312. The van der Waals surface area contributed by atoms with Crippen molar-refractivity contribution in [3.63, 3.8) is 0 Å². The Morgan fingerprint density at radius 2 is 1.69 bits per heavy atom. The SMILES string of the molecule is CCOc1ccc(C2/C(=C(\O)c3cc(F)ccc3OC)C(=O)C(=O)N2CCN(C)C)cc1OCC. The Balaban J connectivity index is 2.24. The highest BCUT2D eigenvalue weighted by atomic mass is 19.1. The maximum atomic E-state index is 14.1. The first-order valence-electron chi connectivity index (χ1n) is 11.4. The Morgan fingerprint density at radius 3 is 2.31 bits per heavy atom. The highest BCUT2D eigenvalue weighted by Gasteiger charge is 2.46. The number of carbonyl (C=O) groups excluding carboxylic acids is 2. The summed E-state index contributed by atoms with van der Waals surface area (Å²) in [5, 5.41) is 11.3. The second kappa shape index (κ2) is 11.2. The van der Waals surface area contributed by atoms with Gasteiger partial charge in [0.05, 0.1) is 37.5 Å². The van der Waals surface area contributed by atoms with Crippen LogP contribution in [0.3, 0.4) is 0 Å². The Labute approximate surface area is 204 Å². The highest BCUT2D eigenvalue weighted by Crippen LogP contribution is 2.43. The molecule has 0 bridgehead atoms. The summed E-state index contributed by atoms with van der Waals surface area (Å²) in [6, 6.07) is 7.82. The van der Waals surface area contributed by atoms with Gasteiger partial charge in [-0.1, -0.05) is 6.07 Å². The first-order chi connectivity index (χ1) is 16.7. The Morgan fingerprint density at radius 1 is 1.03 bits per heavy atom. The zero-order chi connectivity index (χ0) is 25.7. The molecule has 1 N–H and O–H groups in total. The van der Waals surface area contributed by atoms with E-state index in [4.69, 9.17) is 14.2 Å². The molecule has 1 saturated heterocycles. The monoisotopic (exact) mass is 486 g/mol. The van der Waals surface area contributed by atoms with Crippen LogP contribution in [0.4, 0.5) is 4.39 Å². The lowest BCUT2D eigenvalue weighted by Crippen LogP contribution is -2.35. The molecule has 0 aromatic heterocycles. The van der Waals surface area contributed by atoms with Crippen LogP contribution in [-0.4, -0.2) is 74.1 Å². The van der Waals surface area contributed by atoms with Gasteiger partial charge < -0.3 is 29.1 Å². The van der Waals surface area contributed by atoms with Gasteiger partial charge in [-0.05, 0) is 63.8 Å². The standard InChI is InChI=1S/C26H31FN2O6/c1-6-34-20-10-8-16(14-21(20)35-7-2)23-22(25(31)26(32)29(23)13-12-28(3)4)24(30)18-15-17(27)9-11-19(18)33-5/h8-11,14-15,23,30H,6-7,12-13H2,1-5H3/b24-22+. The number of methoxy groups -OCH3 is 1. The largest absolute Gasteiger partial charge is 0.507 e. The number of ether oxygens (including phenoxy) is 3. The number of hydrogen-bond donors (Lipinski definition) is 1. The number of hydrogen-bond acceptors (Lipinski definition) is 7. The highest BCUT2D eigenvalue weighted by molar-refractivity contribution is 6.46. The minimum atomic E-state index is -0.919. The summed E-state index contributed by atoms with van der Waals surface area (Å²) in [6.45, 7) is 5.22. The summed E-state index contributed by atoms with van der Waals surface area (Å²) < 4.78 is 30.7. The number of nitrogens with zero attached hydrogens (tertiary/aromatic N) is 2. The van der Waals surface area contributed by atoms with Gasteiger partial charge in [-0.25, -0.2) is 4.39 Å². The van der Waals surface area contributed by atoms with E-state index < -0.39 is 29.3 Å². The van der Waals surface area contributed by atoms with Crippen molar-refractivity contribution in [1.82, 2.24) is 9.80 Å². The van der Waals surface area contributed by atoms with Gasteiger partial charge in [0.25, 0.3) is 11.7 Å². The lowest BCUT2D eigenvalue weighted by molar-refractivity contribution is -0.140. The minimum Gasteiger partial charge on any atom is -0.507 e. The molecule has 8 nitrogen and oxygen atoms in total. The maximum absolute atomic E-state index is 14.1. The average molecular weight is 487 g/mol. The van der Waals surface area contributed by atoms with Crippen LogP contribution < -0.4 is 14.2 Å². The van der Waals surface area contributed by atoms with E-state index in [-0.39, 0.29) is 23.4 Å². The van der Waals surface area contributed by atoms with Crippen LogP contribution in [0.2, 0.25) is 0 Å². The average Bonchev–Trinajstić information content (AvgIpc) is 3.08. The lowest BCUT2D eigenvalue weighted by Gasteiger charge is -2.27. The molecule has 1 aliphatic rings. The number of halogens is 1. The number of Topliss-reactive ketones (excluding diaryl/α,β-unsaturated/α-hetero) is 1. The molecule has 1 fully saturated rings. The van der Waals surface area contributed by atoms with Crippen molar-refractivity contribution in [2.45, 2.75) is 19.9 Å². The second-order valence-corrected chi connectivity index (χ2v) is 8.21. The fourth-order valence-electron chi connectivity index (χ4n) is 4.01. The van der Waals surface area contributed by atoms with Crippen LogP contribution in [0.5, 0.6) is 17.2 Å². The van der Waals surface area contributed by atoms with Gasteiger partial charge in [-0.2, -0.15) is 0 Å². The van der Waals surface area contributed by atoms with Gasteiger partial charge in [0.1, 0.15) is 17.3 Å². The van der Waals surface area contributed by atoms with E-state index in [1.807, 2.05) is 32.8 Å². The molecule has 1 atom stereocenters. The maximum Gasteiger partial charge on any atom is 0.295 e. The normalized spacial score (nSPS) is 17.2. The summed E-state index contributed by atoms with van der Waals surface area (Å²) in [5.41, 5.74) is 0.384. The van der Waals surface area contributed by atoms with Crippen molar-refractivity contribution in [2.75, 3.05) is 47.5 Å². The smallest absolute Gasteiger partial charge is 0.295 e. The fraction of sp³-hybridized carbons (Fsp3) is 0.385. The summed E-state index contributed by atoms with van der Waals surface area (Å²) in [4.78, 5) is 29.6. The van der Waals surface area contributed by atoms with E-state index in [1.54, 1.807) is 18.2 Å². The third-order valence-electron chi connectivity index (χ3n) is 5.63. The first kappa shape index (κ1) is 26.0. The topological polar surface area (TPSA) is 88.5 Å². The molecule has 2 aromatic carbocycles. The van der Waals surface area contributed by atoms with Crippen LogP contribution in [0.25, 0.3) is 5.76 Å². The molecule has 9 heteroatoms. The summed E-state index contributed by atoms with van der Waals surface area (Å²) in [6.07, 6.45) is 0. The van der Waals surface area contributed by atoms with Crippen LogP contribution >= 0.6 is 0 Å². The van der Waals surface area contributed by atoms with E-state index >= 15 is 0 Å². The Bertz CT molecular complexity index is 1130. The van der Waals surface area contributed by atoms with E-state index in [0.717, 1.165) is 6.07 Å². The second-order valence-electron chi connectivity index (χ2n) is 8.21. The molecule has 0 spiro atoms. The van der Waals surface area contributed by atoms with Crippen molar-refractivity contribution < 1.29 is 33.3 Å². The number of carbonyl (C=O) groups is 2. The third-order valence-corrected chi connectivity index (χ3v) is 5.63. The third kappa shape index (κ3) is 5.40. The van der Waals surface area contributed by atoms with E-state index in [0.29, 0.717) is 36.8 Å². The van der Waals surface area contributed by atoms with Crippen molar-refractivity contribution in [1.29, 1.82) is 0 Å². The minimum absolute atomic E-state index is 0.0147. The van der Waals surface area contributed by atoms with Gasteiger partial charge in [0.15, 0.2) is 11.5 Å². The number of benzene rings is 2. The van der Waals surface area contributed by atoms with Crippen LogP contribution in [-0.2, 0) is 9.59 Å². The van der Waals surface area contributed by atoms with Crippen LogP contribution in [0.1, 0.15) is 31.0 Å². The van der Waals surface area contributed by atoms with Gasteiger partial charge in [-0.3, -0.25) is 9.59 Å². The number of rotatable bonds is 10. The molecule has 3 rings (SSSR count). The zero-order valence-electron chi connectivity index (χ0n) is 20.6. The first-order valence-corrected chi connectivity index (χ1v) is 11.4. The van der Waals surface area contributed by atoms with Crippen LogP contribution in [0.15, 0.2) is 42.0 Å². The molecule has 1 unspecified atom stereocenters. The summed E-state index contributed by atoms with van der Waals surface area (Å²) >= 11 is 0. The molecule has 0 radical (unpaired) electrons. The number of aliphatic hydroxyl groups excluding tert-OH is 1. The molecular weight excluding hydrogens is 455 g/mol. The molecule has 1 aliphatic heterocycles.